The fourth-order valence-corrected chi connectivity index (χ4v) is 2.16. The molecule has 8 N–H and O–H groups in total. The molecule has 0 saturated heterocycles. The van der Waals surface area contributed by atoms with E-state index >= 15 is 0 Å². The van der Waals surface area contributed by atoms with Gasteiger partial charge in [-0.05, 0) is 19.3 Å². The quantitative estimate of drug-likeness (QED) is 0.167. The van der Waals surface area contributed by atoms with Gasteiger partial charge in [-0.15, -0.1) is 0 Å². The van der Waals surface area contributed by atoms with Gasteiger partial charge in [-0.1, -0.05) is 13.8 Å². The number of aliphatic carboxylic acids is 3. The second-order valence-corrected chi connectivity index (χ2v) is 6.99. The van der Waals surface area contributed by atoms with Crippen LogP contribution < -0.4 is 21.7 Å². The minimum absolute atomic E-state index is 0.204. The summed E-state index contributed by atoms with van der Waals surface area (Å²) in [4.78, 5) is 69.3. The molecule has 0 saturated carbocycles. The van der Waals surface area contributed by atoms with Crippen molar-refractivity contribution in [3.8, 4) is 0 Å². The Hall–Kier alpha value is -3.22. The summed E-state index contributed by atoms with van der Waals surface area (Å²) in [6, 6.07) is -5.29. The van der Waals surface area contributed by atoms with Crippen LogP contribution in [0.3, 0.4) is 0 Å². The fraction of sp³-hybridized carbons (Fsp3) is 0.647. The lowest BCUT2D eigenvalue weighted by molar-refractivity contribution is -0.144. The topological polar surface area (TPSA) is 225 Å². The van der Waals surface area contributed by atoms with Crippen LogP contribution in [0.2, 0.25) is 0 Å². The molecule has 0 aliphatic heterocycles. The highest BCUT2D eigenvalue weighted by atomic mass is 16.4. The highest BCUT2D eigenvalue weighted by Crippen LogP contribution is 2.03. The number of carbonyl (C=O) groups excluding carboxylic acids is 3. The van der Waals surface area contributed by atoms with E-state index in [-0.39, 0.29) is 5.92 Å². The molecule has 0 aromatic heterocycles. The normalized spacial score (nSPS) is 14.7. The number of carboxylic acid groups (broad SMARTS) is 3. The van der Waals surface area contributed by atoms with Crippen molar-refractivity contribution in [2.75, 3.05) is 0 Å². The molecule has 4 atom stereocenters. The Bertz CT molecular complexity index is 680. The second-order valence-electron chi connectivity index (χ2n) is 6.99. The van der Waals surface area contributed by atoms with Crippen LogP contribution >= 0.6 is 0 Å². The molecule has 0 rings (SSSR count). The molecule has 13 heteroatoms. The Morgan fingerprint density at radius 1 is 0.767 bits per heavy atom. The lowest BCUT2D eigenvalue weighted by Gasteiger charge is -2.23. The average molecular weight is 432 g/mol. The summed E-state index contributed by atoms with van der Waals surface area (Å²) >= 11 is 0. The highest BCUT2D eigenvalue weighted by molar-refractivity contribution is 5.95. The third kappa shape index (κ3) is 9.82. The van der Waals surface area contributed by atoms with Crippen LogP contribution in [-0.4, -0.2) is 75.1 Å². The van der Waals surface area contributed by atoms with Crippen LogP contribution in [-0.2, 0) is 28.8 Å². The van der Waals surface area contributed by atoms with Gasteiger partial charge < -0.3 is 37.0 Å². The molecular weight excluding hydrogens is 404 g/mol. The van der Waals surface area contributed by atoms with Crippen LogP contribution in [0.4, 0.5) is 0 Å². The van der Waals surface area contributed by atoms with Crippen molar-refractivity contribution in [3.05, 3.63) is 0 Å². The Morgan fingerprint density at radius 2 is 1.30 bits per heavy atom. The third-order valence-corrected chi connectivity index (χ3v) is 4.05. The predicted octanol–water partition coefficient (Wildman–Crippen LogP) is -2.13. The summed E-state index contributed by atoms with van der Waals surface area (Å²) in [6.07, 6.45) is -1.86. The van der Waals surface area contributed by atoms with Crippen LogP contribution in [0.25, 0.3) is 0 Å². The number of nitrogens with one attached hydrogen (secondary N) is 3. The number of nitrogens with two attached hydrogens (primary N) is 1. The molecule has 0 aromatic carbocycles. The molecular formula is C17H28N4O9. The number of carboxylic acids is 3. The van der Waals surface area contributed by atoms with Gasteiger partial charge in [-0.3, -0.25) is 24.0 Å². The van der Waals surface area contributed by atoms with Gasteiger partial charge in [0.2, 0.25) is 17.7 Å². The number of hydrogen-bond acceptors (Lipinski definition) is 7. The fourth-order valence-electron chi connectivity index (χ4n) is 2.16. The molecule has 0 bridgehead atoms. The first-order chi connectivity index (χ1) is 13.8. The van der Waals surface area contributed by atoms with Gasteiger partial charge in [0.15, 0.2) is 0 Å². The average Bonchev–Trinajstić information content (AvgIpc) is 2.62. The zero-order chi connectivity index (χ0) is 23.6. The van der Waals surface area contributed by atoms with Gasteiger partial charge in [0.1, 0.15) is 18.1 Å². The number of carbonyl (C=O) groups is 6. The summed E-state index contributed by atoms with van der Waals surface area (Å²) in [5.41, 5.74) is 5.67. The van der Waals surface area contributed by atoms with E-state index in [0.717, 1.165) is 0 Å². The first kappa shape index (κ1) is 26.8. The van der Waals surface area contributed by atoms with E-state index in [1.165, 1.54) is 6.92 Å². The first-order valence-corrected chi connectivity index (χ1v) is 9.09. The minimum Gasteiger partial charge on any atom is -0.481 e. The molecule has 0 spiro atoms. The van der Waals surface area contributed by atoms with Crippen molar-refractivity contribution in [2.45, 2.75) is 64.2 Å². The van der Waals surface area contributed by atoms with Crippen LogP contribution in [0, 0.1) is 5.92 Å². The molecule has 30 heavy (non-hydrogen) atoms. The van der Waals surface area contributed by atoms with Gasteiger partial charge in [-0.25, -0.2) is 4.79 Å². The number of amides is 3. The van der Waals surface area contributed by atoms with Crippen molar-refractivity contribution < 1.29 is 44.1 Å². The molecule has 0 aliphatic rings. The summed E-state index contributed by atoms with van der Waals surface area (Å²) in [6.45, 7) is 4.69. The first-order valence-electron chi connectivity index (χ1n) is 9.09. The van der Waals surface area contributed by atoms with E-state index in [4.69, 9.17) is 21.1 Å². The Labute approximate surface area is 172 Å². The van der Waals surface area contributed by atoms with Crippen molar-refractivity contribution in [1.29, 1.82) is 0 Å². The monoisotopic (exact) mass is 432 g/mol. The van der Waals surface area contributed by atoms with E-state index < -0.39 is 79.1 Å². The van der Waals surface area contributed by atoms with Crippen molar-refractivity contribution in [3.63, 3.8) is 0 Å². The molecule has 0 aromatic rings. The van der Waals surface area contributed by atoms with Gasteiger partial charge in [0.25, 0.3) is 0 Å². The van der Waals surface area contributed by atoms with Crippen molar-refractivity contribution in [1.82, 2.24) is 16.0 Å². The summed E-state index contributed by atoms with van der Waals surface area (Å²) in [5, 5.41) is 33.2. The number of hydrogen-bond donors (Lipinski definition) is 7. The predicted molar refractivity (Wildman–Crippen MR) is 101 cm³/mol. The summed E-state index contributed by atoms with van der Waals surface area (Å²) in [5.74, 6) is -7.09. The van der Waals surface area contributed by atoms with Gasteiger partial charge >= 0.3 is 17.9 Å². The summed E-state index contributed by atoms with van der Waals surface area (Å²) in [7, 11) is 0. The molecule has 0 aliphatic carbocycles. The van der Waals surface area contributed by atoms with E-state index in [0.29, 0.717) is 0 Å². The molecule has 3 amide bonds. The number of rotatable bonds is 13. The second kappa shape index (κ2) is 12.4. The van der Waals surface area contributed by atoms with Gasteiger partial charge in [0, 0.05) is 6.42 Å². The van der Waals surface area contributed by atoms with E-state index in [1.54, 1.807) is 13.8 Å². The third-order valence-electron chi connectivity index (χ3n) is 4.05. The largest absolute Gasteiger partial charge is 0.481 e. The molecule has 0 fully saturated rings. The Morgan fingerprint density at radius 3 is 1.73 bits per heavy atom. The maximum absolute atomic E-state index is 12.3. The van der Waals surface area contributed by atoms with Gasteiger partial charge in [-0.2, -0.15) is 0 Å². The smallest absolute Gasteiger partial charge is 0.326 e. The van der Waals surface area contributed by atoms with Crippen LogP contribution in [0.5, 0.6) is 0 Å². The molecule has 0 radical (unpaired) electrons. The molecule has 0 heterocycles. The zero-order valence-electron chi connectivity index (χ0n) is 16.9. The van der Waals surface area contributed by atoms with Crippen molar-refractivity contribution >= 4 is 35.6 Å². The highest BCUT2D eigenvalue weighted by Gasteiger charge is 2.30. The lowest BCUT2D eigenvalue weighted by atomic mass is 10.0. The maximum Gasteiger partial charge on any atom is 0.326 e. The zero-order valence-corrected chi connectivity index (χ0v) is 16.9. The van der Waals surface area contributed by atoms with Crippen LogP contribution in [0.15, 0.2) is 0 Å². The minimum atomic E-state index is -1.65. The maximum atomic E-state index is 12.3. The van der Waals surface area contributed by atoms with Gasteiger partial charge in [0.05, 0.1) is 12.5 Å². The van der Waals surface area contributed by atoms with E-state index in [2.05, 4.69) is 10.6 Å². The Balaban J connectivity index is 5.16. The van der Waals surface area contributed by atoms with Crippen molar-refractivity contribution in [2.24, 2.45) is 11.7 Å². The SMILES string of the molecule is CC(NC(=O)C(N)C(C)C)C(=O)NC(CC(=O)O)C(=O)NC(CCC(=O)O)C(=O)O. The molecule has 4 unspecified atom stereocenters. The Kier molecular flexibility index (Phi) is 11.0. The standard InChI is InChI=1S/C17H28N4O9/c1-7(2)13(18)16(28)19-8(3)14(26)21-10(6-12(24)25)15(27)20-9(17(29)30)4-5-11(22)23/h7-10,13H,4-6,18H2,1-3H3,(H,19,28)(H,20,27)(H,21,26)(H,22,23)(H,24,25)(H,29,30). The van der Waals surface area contributed by atoms with Crippen LogP contribution in [0.1, 0.15) is 40.0 Å². The van der Waals surface area contributed by atoms with E-state index in [1.807, 2.05) is 5.32 Å². The molecule has 170 valence electrons. The summed E-state index contributed by atoms with van der Waals surface area (Å²) < 4.78 is 0. The lowest BCUT2D eigenvalue weighted by Crippen LogP contribution is -2.57. The van der Waals surface area contributed by atoms with E-state index in [9.17, 15) is 28.8 Å². The molecule has 13 nitrogen and oxygen atoms in total.